The number of rotatable bonds is 4. The predicted molar refractivity (Wildman–Crippen MR) is 60.2 cm³/mol. The van der Waals surface area contributed by atoms with Gasteiger partial charge >= 0.3 is 5.97 Å². The van der Waals surface area contributed by atoms with Crippen LogP contribution in [0.1, 0.15) is 25.7 Å². The standard InChI is InChI=1S/C13H15FO3/c1-16-12(15)9-13(6-3-7-13)17-11-5-2-4-10(14)8-11/h2,4-5,8H,3,6-7,9H2,1H3. The Hall–Kier alpha value is -1.58. The van der Waals surface area contributed by atoms with E-state index in [0.29, 0.717) is 5.75 Å². The Morgan fingerprint density at radius 1 is 1.47 bits per heavy atom. The molecule has 0 bridgehead atoms. The minimum Gasteiger partial charge on any atom is -0.487 e. The Balaban J connectivity index is 2.06. The van der Waals surface area contributed by atoms with Crippen LogP contribution in [-0.2, 0) is 9.53 Å². The molecule has 0 N–H and O–H groups in total. The van der Waals surface area contributed by atoms with E-state index >= 15 is 0 Å². The minimum absolute atomic E-state index is 0.222. The molecule has 1 aromatic carbocycles. The first-order valence-corrected chi connectivity index (χ1v) is 5.65. The SMILES string of the molecule is COC(=O)CC1(Oc2cccc(F)c2)CCC1. The van der Waals surface area contributed by atoms with Crippen molar-refractivity contribution < 1.29 is 18.7 Å². The number of ether oxygens (including phenoxy) is 2. The van der Waals surface area contributed by atoms with Gasteiger partial charge in [-0.05, 0) is 31.4 Å². The molecule has 0 amide bonds. The van der Waals surface area contributed by atoms with Crippen molar-refractivity contribution in [3.05, 3.63) is 30.1 Å². The van der Waals surface area contributed by atoms with Crippen molar-refractivity contribution in [2.24, 2.45) is 0 Å². The summed E-state index contributed by atoms with van der Waals surface area (Å²) in [5.41, 5.74) is -0.499. The third kappa shape index (κ3) is 2.75. The second-order valence-electron chi connectivity index (χ2n) is 4.35. The summed E-state index contributed by atoms with van der Waals surface area (Å²) in [6.07, 6.45) is 2.85. The molecular weight excluding hydrogens is 223 g/mol. The van der Waals surface area contributed by atoms with Crippen molar-refractivity contribution in [3.8, 4) is 5.75 Å². The smallest absolute Gasteiger partial charge is 0.309 e. The van der Waals surface area contributed by atoms with Gasteiger partial charge in [-0.3, -0.25) is 4.79 Å². The molecule has 1 fully saturated rings. The summed E-state index contributed by atoms with van der Waals surface area (Å²) in [5, 5.41) is 0. The molecule has 0 saturated heterocycles. The molecule has 2 rings (SSSR count). The lowest BCUT2D eigenvalue weighted by Crippen LogP contribution is -2.45. The summed E-state index contributed by atoms with van der Waals surface area (Å²) in [7, 11) is 1.36. The van der Waals surface area contributed by atoms with Crippen LogP contribution in [0.3, 0.4) is 0 Å². The van der Waals surface area contributed by atoms with Crippen LogP contribution in [0, 0.1) is 5.82 Å². The zero-order chi connectivity index (χ0) is 12.3. The van der Waals surface area contributed by atoms with Gasteiger partial charge in [0, 0.05) is 6.07 Å². The highest BCUT2D eigenvalue weighted by Crippen LogP contribution is 2.39. The van der Waals surface area contributed by atoms with E-state index in [1.807, 2.05) is 0 Å². The van der Waals surface area contributed by atoms with Crippen LogP contribution in [0.25, 0.3) is 0 Å². The normalized spacial score (nSPS) is 17.1. The van der Waals surface area contributed by atoms with Crippen molar-refractivity contribution in [1.29, 1.82) is 0 Å². The lowest BCUT2D eigenvalue weighted by molar-refractivity contribution is -0.148. The fraction of sp³-hybridized carbons (Fsp3) is 0.462. The van der Waals surface area contributed by atoms with E-state index in [2.05, 4.69) is 4.74 Å². The Kier molecular flexibility index (Phi) is 3.31. The number of hydrogen-bond acceptors (Lipinski definition) is 3. The summed E-state index contributed by atoms with van der Waals surface area (Å²) in [6, 6.07) is 5.98. The third-order valence-corrected chi connectivity index (χ3v) is 3.09. The fourth-order valence-corrected chi connectivity index (χ4v) is 2.00. The summed E-state index contributed by atoms with van der Waals surface area (Å²) in [5.74, 6) is -0.162. The first-order valence-electron chi connectivity index (χ1n) is 5.65. The Morgan fingerprint density at radius 3 is 2.76 bits per heavy atom. The van der Waals surface area contributed by atoms with Crippen molar-refractivity contribution in [3.63, 3.8) is 0 Å². The topological polar surface area (TPSA) is 35.5 Å². The Bertz CT molecular complexity index is 413. The molecule has 0 unspecified atom stereocenters. The maximum Gasteiger partial charge on any atom is 0.309 e. The molecule has 0 spiro atoms. The van der Waals surface area contributed by atoms with Gasteiger partial charge < -0.3 is 9.47 Å². The molecule has 17 heavy (non-hydrogen) atoms. The molecule has 0 heterocycles. The van der Waals surface area contributed by atoms with Crippen LogP contribution in [0.15, 0.2) is 24.3 Å². The first-order chi connectivity index (χ1) is 8.13. The lowest BCUT2D eigenvalue weighted by atomic mass is 9.77. The quantitative estimate of drug-likeness (QED) is 0.756. The average molecular weight is 238 g/mol. The molecule has 1 aliphatic rings. The largest absolute Gasteiger partial charge is 0.487 e. The second kappa shape index (κ2) is 4.73. The van der Waals surface area contributed by atoms with E-state index in [1.54, 1.807) is 12.1 Å². The van der Waals surface area contributed by atoms with Crippen molar-refractivity contribution in [2.45, 2.75) is 31.3 Å². The van der Waals surface area contributed by atoms with Gasteiger partial charge in [0.15, 0.2) is 0 Å². The van der Waals surface area contributed by atoms with Crippen molar-refractivity contribution >= 4 is 5.97 Å². The van der Waals surface area contributed by atoms with Gasteiger partial charge in [-0.15, -0.1) is 0 Å². The maximum absolute atomic E-state index is 13.0. The Morgan fingerprint density at radius 2 is 2.24 bits per heavy atom. The van der Waals surface area contributed by atoms with Gasteiger partial charge in [-0.2, -0.15) is 0 Å². The number of methoxy groups -OCH3 is 1. The van der Waals surface area contributed by atoms with E-state index in [0.717, 1.165) is 19.3 Å². The van der Waals surface area contributed by atoms with E-state index in [1.165, 1.54) is 19.2 Å². The Labute approximate surface area is 99.5 Å². The molecule has 4 heteroatoms. The van der Waals surface area contributed by atoms with E-state index in [9.17, 15) is 9.18 Å². The monoisotopic (exact) mass is 238 g/mol. The van der Waals surface area contributed by atoms with Crippen LogP contribution in [-0.4, -0.2) is 18.7 Å². The number of hydrogen-bond donors (Lipinski definition) is 0. The molecular formula is C13H15FO3. The highest BCUT2D eigenvalue weighted by Gasteiger charge is 2.41. The molecule has 1 aromatic rings. The molecule has 0 radical (unpaired) electrons. The number of benzene rings is 1. The van der Waals surface area contributed by atoms with Crippen LogP contribution < -0.4 is 4.74 Å². The molecule has 3 nitrogen and oxygen atoms in total. The van der Waals surface area contributed by atoms with Gasteiger partial charge in [-0.25, -0.2) is 4.39 Å². The first kappa shape index (κ1) is 11.9. The minimum atomic E-state index is -0.499. The molecule has 0 aliphatic heterocycles. The lowest BCUT2D eigenvalue weighted by Gasteiger charge is -2.41. The maximum atomic E-state index is 13.0. The summed E-state index contributed by atoms with van der Waals surface area (Å²) >= 11 is 0. The average Bonchev–Trinajstić information content (AvgIpc) is 2.26. The zero-order valence-corrected chi connectivity index (χ0v) is 9.74. The summed E-state index contributed by atoms with van der Waals surface area (Å²) in [4.78, 5) is 11.3. The van der Waals surface area contributed by atoms with Crippen LogP contribution in [0.5, 0.6) is 5.75 Å². The van der Waals surface area contributed by atoms with Crippen molar-refractivity contribution in [2.75, 3.05) is 7.11 Å². The highest BCUT2D eigenvalue weighted by molar-refractivity contribution is 5.70. The predicted octanol–water partition coefficient (Wildman–Crippen LogP) is 2.69. The molecule has 1 aliphatic carbocycles. The van der Waals surface area contributed by atoms with Crippen LogP contribution in [0.4, 0.5) is 4.39 Å². The number of esters is 1. The molecule has 0 aromatic heterocycles. The van der Waals surface area contributed by atoms with Gasteiger partial charge in [0.1, 0.15) is 17.2 Å². The summed E-state index contributed by atoms with van der Waals surface area (Å²) in [6.45, 7) is 0. The molecule has 1 saturated carbocycles. The number of halogens is 1. The number of carbonyl (C=O) groups is 1. The van der Waals surface area contributed by atoms with Crippen molar-refractivity contribution in [1.82, 2.24) is 0 Å². The van der Waals surface area contributed by atoms with Crippen LogP contribution in [0.2, 0.25) is 0 Å². The number of carbonyl (C=O) groups excluding carboxylic acids is 1. The van der Waals surface area contributed by atoms with E-state index < -0.39 is 5.60 Å². The van der Waals surface area contributed by atoms with E-state index in [4.69, 9.17) is 4.74 Å². The van der Waals surface area contributed by atoms with Gasteiger partial charge in [0.05, 0.1) is 13.5 Å². The van der Waals surface area contributed by atoms with Crippen LogP contribution >= 0.6 is 0 Å². The molecule has 0 atom stereocenters. The zero-order valence-electron chi connectivity index (χ0n) is 9.74. The highest BCUT2D eigenvalue weighted by atomic mass is 19.1. The van der Waals surface area contributed by atoms with E-state index in [-0.39, 0.29) is 18.2 Å². The van der Waals surface area contributed by atoms with Gasteiger partial charge in [-0.1, -0.05) is 6.07 Å². The fourth-order valence-electron chi connectivity index (χ4n) is 2.00. The summed E-state index contributed by atoms with van der Waals surface area (Å²) < 4.78 is 23.4. The van der Waals surface area contributed by atoms with Gasteiger partial charge in [0.2, 0.25) is 0 Å². The molecule has 92 valence electrons. The second-order valence-corrected chi connectivity index (χ2v) is 4.35. The van der Waals surface area contributed by atoms with Gasteiger partial charge in [0.25, 0.3) is 0 Å². The third-order valence-electron chi connectivity index (χ3n) is 3.09.